The van der Waals surface area contributed by atoms with Crippen molar-refractivity contribution < 1.29 is 13.5 Å². The minimum Gasteiger partial charge on any atom is -0.507 e. The van der Waals surface area contributed by atoms with Gasteiger partial charge in [-0.1, -0.05) is 12.2 Å². The van der Waals surface area contributed by atoms with E-state index in [2.05, 4.69) is 15.2 Å². The lowest BCUT2D eigenvalue weighted by Gasteiger charge is -2.03. The van der Waals surface area contributed by atoms with Crippen molar-refractivity contribution in [2.24, 2.45) is 15.4 Å². The highest BCUT2D eigenvalue weighted by Crippen LogP contribution is 2.27. The largest absolute Gasteiger partial charge is 0.507 e. The fourth-order valence-electron chi connectivity index (χ4n) is 1.55. The number of hydrogen-bond donors (Lipinski definition) is 3. The molecule has 0 aliphatic heterocycles. The number of primary sulfonamides is 1. The molecule has 5 N–H and O–H groups in total. The highest BCUT2D eigenvalue weighted by molar-refractivity contribution is 7.89. The normalized spacial score (nSPS) is 11.7. The second-order valence-electron chi connectivity index (χ2n) is 4.14. The molecule has 2 rings (SSSR count). The predicted molar refractivity (Wildman–Crippen MR) is 84.3 cm³/mol. The molecule has 0 bridgehead atoms. The third-order valence-electron chi connectivity index (χ3n) is 2.58. The number of phenolic OH excluding ortho intramolecular Hbond substituents is 1. The Kier molecular flexibility index (Phi) is 4.45. The number of aromatic hydroxyl groups is 1. The van der Waals surface area contributed by atoms with Crippen LogP contribution in [0.15, 0.2) is 51.7 Å². The van der Waals surface area contributed by atoms with Gasteiger partial charge >= 0.3 is 0 Å². The molecule has 1 heterocycles. The van der Waals surface area contributed by atoms with E-state index in [0.717, 1.165) is 12.1 Å². The molecule has 1 aromatic carbocycles. The summed E-state index contributed by atoms with van der Waals surface area (Å²) >= 11 is 5.07. The fourth-order valence-corrected chi connectivity index (χ4v) is 2.41. The lowest BCUT2D eigenvalue weighted by atomic mass is 10.2. The summed E-state index contributed by atoms with van der Waals surface area (Å²) in [4.78, 5) is 3.52. The Balaban J connectivity index is 2.32. The number of anilines is 1. The van der Waals surface area contributed by atoms with E-state index < -0.39 is 20.7 Å². The van der Waals surface area contributed by atoms with Gasteiger partial charge in [-0.3, -0.25) is 0 Å². The molecule has 0 saturated heterocycles. The van der Waals surface area contributed by atoms with Gasteiger partial charge in [0.1, 0.15) is 16.5 Å². The molecule has 1 aromatic heterocycles. The van der Waals surface area contributed by atoms with Gasteiger partial charge < -0.3 is 10.8 Å². The van der Waals surface area contributed by atoms with Crippen LogP contribution < -0.4 is 10.9 Å². The number of aromatic nitrogens is 1. The quantitative estimate of drug-likeness (QED) is 0.571. The molecule has 0 aliphatic rings. The maximum Gasteiger partial charge on any atom is 0.241 e. The second kappa shape index (κ2) is 6.13. The van der Waals surface area contributed by atoms with E-state index in [0.29, 0.717) is 5.56 Å². The van der Waals surface area contributed by atoms with Gasteiger partial charge in [0.15, 0.2) is 4.99 Å². The van der Waals surface area contributed by atoms with Crippen molar-refractivity contribution in [1.82, 2.24) is 4.98 Å². The standard InChI is InChI=1S/C12H11N5O3S2/c13-11-8(2-1-5-15-11)12(21)17-16-7-3-4-9(18)10(6-7)22(14,19)20/h1-6,18H,(H2,13,15)(H2,14,19,20). The van der Waals surface area contributed by atoms with E-state index in [4.69, 9.17) is 23.1 Å². The summed E-state index contributed by atoms with van der Waals surface area (Å²) in [5.74, 6) is -0.261. The summed E-state index contributed by atoms with van der Waals surface area (Å²) in [6.07, 6.45) is 1.51. The van der Waals surface area contributed by atoms with E-state index in [1.807, 2.05) is 0 Å². The molecule has 0 amide bonds. The number of nitrogens with zero attached hydrogens (tertiary/aromatic N) is 3. The molecule has 2 aromatic rings. The molecule has 0 radical (unpaired) electrons. The summed E-state index contributed by atoms with van der Waals surface area (Å²) in [5.41, 5.74) is 6.26. The summed E-state index contributed by atoms with van der Waals surface area (Å²) < 4.78 is 22.6. The maximum absolute atomic E-state index is 11.3. The van der Waals surface area contributed by atoms with Gasteiger partial charge in [-0.2, -0.15) is 0 Å². The number of benzene rings is 1. The van der Waals surface area contributed by atoms with Crippen molar-refractivity contribution in [3.05, 3.63) is 42.1 Å². The van der Waals surface area contributed by atoms with Crippen LogP contribution in [0, 0.1) is 0 Å². The smallest absolute Gasteiger partial charge is 0.241 e. The van der Waals surface area contributed by atoms with E-state index in [1.54, 1.807) is 12.1 Å². The number of hydrogen-bond acceptors (Lipinski definition) is 7. The monoisotopic (exact) mass is 337 g/mol. The number of nitrogens with two attached hydrogens (primary N) is 2. The summed E-state index contributed by atoms with van der Waals surface area (Å²) in [7, 11) is -4.07. The number of sulfonamides is 1. The van der Waals surface area contributed by atoms with E-state index in [-0.39, 0.29) is 16.5 Å². The molecule has 22 heavy (non-hydrogen) atoms. The van der Waals surface area contributed by atoms with Crippen molar-refractivity contribution >= 4 is 38.7 Å². The molecular weight excluding hydrogens is 326 g/mol. The van der Waals surface area contributed by atoms with Gasteiger partial charge in [0.2, 0.25) is 10.0 Å². The van der Waals surface area contributed by atoms with Crippen molar-refractivity contribution in [2.75, 3.05) is 5.73 Å². The Hall–Kier alpha value is -2.43. The van der Waals surface area contributed by atoms with Crippen LogP contribution in [0.3, 0.4) is 0 Å². The van der Waals surface area contributed by atoms with Gasteiger partial charge in [0.05, 0.1) is 11.3 Å². The Labute approximate surface area is 131 Å². The van der Waals surface area contributed by atoms with Crippen LogP contribution in [0.25, 0.3) is 0 Å². The summed E-state index contributed by atoms with van der Waals surface area (Å²) in [5, 5.41) is 22.1. The fraction of sp³-hybridized carbons (Fsp3) is 0. The molecule has 0 atom stereocenters. The number of rotatable bonds is 3. The number of phenols is 1. The van der Waals surface area contributed by atoms with Crippen LogP contribution in [-0.2, 0) is 10.0 Å². The number of pyridine rings is 1. The van der Waals surface area contributed by atoms with Crippen LogP contribution in [-0.4, -0.2) is 23.5 Å². The number of nitrogen functional groups attached to an aromatic ring is 1. The number of azo groups is 1. The first kappa shape index (κ1) is 15.9. The van der Waals surface area contributed by atoms with Gasteiger partial charge in [-0.25, -0.2) is 18.5 Å². The zero-order valence-corrected chi connectivity index (χ0v) is 12.7. The second-order valence-corrected chi connectivity index (χ2v) is 6.05. The lowest BCUT2D eigenvalue weighted by molar-refractivity contribution is 0.459. The van der Waals surface area contributed by atoms with Crippen LogP contribution in [0.1, 0.15) is 5.56 Å². The Morgan fingerprint density at radius 1 is 1.32 bits per heavy atom. The molecule has 0 fully saturated rings. The Morgan fingerprint density at radius 3 is 2.68 bits per heavy atom. The van der Waals surface area contributed by atoms with Crippen LogP contribution >= 0.6 is 12.2 Å². The van der Waals surface area contributed by atoms with Crippen molar-refractivity contribution in [2.45, 2.75) is 4.90 Å². The molecular formula is C12H11N5O3S2. The molecule has 8 nitrogen and oxygen atoms in total. The third-order valence-corrected chi connectivity index (χ3v) is 3.82. The van der Waals surface area contributed by atoms with Crippen molar-refractivity contribution in [1.29, 1.82) is 0 Å². The van der Waals surface area contributed by atoms with E-state index in [1.165, 1.54) is 12.3 Å². The molecule has 0 saturated carbocycles. The van der Waals surface area contributed by atoms with Gasteiger partial charge in [0, 0.05) is 6.20 Å². The summed E-state index contributed by atoms with van der Waals surface area (Å²) in [6, 6.07) is 6.88. The summed E-state index contributed by atoms with van der Waals surface area (Å²) in [6.45, 7) is 0. The molecule has 0 unspecified atom stereocenters. The van der Waals surface area contributed by atoms with Crippen LogP contribution in [0.2, 0.25) is 0 Å². The Morgan fingerprint density at radius 2 is 2.05 bits per heavy atom. The topological polar surface area (TPSA) is 144 Å². The van der Waals surface area contributed by atoms with Gasteiger partial charge in [-0.05, 0) is 30.3 Å². The first-order valence-corrected chi connectivity index (χ1v) is 7.77. The minimum absolute atomic E-state index is 0.0934. The molecule has 0 aliphatic carbocycles. The van der Waals surface area contributed by atoms with Crippen molar-refractivity contribution in [3.63, 3.8) is 0 Å². The molecule has 10 heteroatoms. The van der Waals surface area contributed by atoms with Gasteiger partial charge in [0.25, 0.3) is 0 Å². The first-order chi connectivity index (χ1) is 10.3. The average Bonchev–Trinajstić information content (AvgIpc) is 2.45. The van der Waals surface area contributed by atoms with Crippen LogP contribution in [0.4, 0.5) is 11.5 Å². The van der Waals surface area contributed by atoms with Gasteiger partial charge in [-0.15, -0.1) is 10.2 Å². The highest BCUT2D eigenvalue weighted by atomic mass is 32.2. The van der Waals surface area contributed by atoms with E-state index in [9.17, 15) is 13.5 Å². The van der Waals surface area contributed by atoms with Crippen LogP contribution in [0.5, 0.6) is 5.75 Å². The molecule has 114 valence electrons. The first-order valence-electron chi connectivity index (χ1n) is 5.81. The average molecular weight is 337 g/mol. The maximum atomic E-state index is 11.3. The SMILES string of the molecule is Nc1ncccc1C(=S)N=Nc1ccc(O)c(S(N)(=O)=O)c1. The lowest BCUT2D eigenvalue weighted by Crippen LogP contribution is -2.12. The highest BCUT2D eigenvalue weighted by Gasteiger charge is 2.14. The zero-order valence-electron chi connectivity index (χ0n) is 11.0. The number of thiocarbonyl (C=S) groups is 1. The minimum atomic E-state index is -4.07. The Bertz CT molecular complexity index is 865. The zero-order chi connectivity index (χ0) is 16.3. The predicted octanol–water partition coefficient (Wildman–Crippen LogP) is 1.48. The van der Waals surface area contributed by atoms with E-state index >= 15 is 0 Å². The third kappa shape index (κ3) is 3.61. The van der Waals surface area contributed by atoms with Crippen molar-refractivity contribution in [3.8, 4) is 5.75 Å². The molecule has 0 spiro atoms.